The van der Waals surface area contributed by atoms with Crippen LogP contribution in [0, 0.1) is 6.92 Å². The normalized spacial score (nSPS) is 10.4. The second-order valence-electron chi connectivity index (χ2n) is 4.05. The Bertz CT molecular complexity index is 589. The largest absolute Gasteiger partial charge is 0.488 e. The lowest BCUT2D eigenvalue weighted by molar-refractivity contribution is 0.0702. The zero-order valence-corrected chi connectivity index (χ0v) is 11.2. The summed E-state index contributed by atoms with van der Waals surface area (Å²) in [5, 5.41) is 18.1. The molecule has 100 valence electrons. The number of carbonyl (C=O) groups is 1. The van der Waals surface area contributed by atoms with Crippen molar-refractivity contribution in [3.8, 4) is 5.75 Å². The summed E-state index contributed by atoms with van der Waals surface area (Å²) in [5.74, 6) is -0.303. The molecular formula is C14H14O4S. The SMILES string of the molecule is Cc1sc(C(=O)O)cc1COc1ccccc1CO. The number of aromatic carboxylic acids is 1. The number of aliphatic hydroxyl groups is 1. The first-order valence-electron chi connectivity index (χ1n) is 5.76. The molecule has 1 aromatic heterocycles. The van der Waals surface area contributed by atoms with Gasteiger partial charge in [0.15, 0.2) is 0 Å². The van der Waals surface area contributed by atoms with Gasteiger partial charge in [-0.1, -0.05) is 18.2 Å². The summed E-state index contributed by atoms with van der Waals surface area (Å²) in [6.07, 6.45) is 0. The zero-order valence-electron chi connectivity index (χ0n) is 10.4. The molecule has 4 nitrogen and oxygen atoms in total. The molecule has 1 aromatic carbocycles. The number of rotatable bonds is 5. The topological polar surface area (TPSA) is 66.8 Å². The van der Waals surface area contributed by atoms with E-state index in [1.807, 2.05) is 19.1 Å². The third-order valence-corrected chi connectivity index (χ3v) is 3.84. The summed E-state index contributed by atoms with van der Waals surface area (Å²) >= 11 is 1.24. The molecule has 0 atom stereocenters. The lowest BCUT2D eigenvalue weighted by Crippen LogP contribution is -1.99. The van der Waals surface area contributed by atoms with Crippen LogP contribution < -0.4 is 4.74 Å². The monoisotopic (exact) mass is 278 g/mol. The number of hydrogen-bond acceptors (Lipinski definition) is 4. The average Bonchev–Trinajstić information content (AvgIpc) is 2.78. The van der Waals surface area contributed by atoms with E-state index in [9.17, 15) is 9.90 Å². The Balaban J connectivity index is 2.12. The van der Waals surface area contributed by atoms with Crippen molar-refractivity contribution in [2.75, 3.05) is 0 Å². The standard InChI is InChI=1S/C14H14O4S/c1-9-11(6-13(19-9)14(16)17)8-18-12-5-3-2-4-10(12)7-15/h2-6,15H,7-8H2,1H3,(H,16,17). The molecular weight excluding hydrogens is 264 g/mol. The van der Waals surface area contributed by atoms with Gasteiger partial charge in [-0.05, 0) is 19.1 Å². The highest BCUT2D eigenvalue weighted by molar-refractivity contribution is 7.14. The Hall–Kier alpha value is -1.85. The summed E-state index contributed by atoms with van der Waals surface area (Å²) in [4.78, 5) is 12.1. The molecule has 0 unspecified atom stereocenters. The molecule has 19 heavy (non-hydrogen) atoms. The van der Waals surface area contributed by atoms with Gasteiger partial charge in [0.05, 0.1) is 6.61 Å². The van der Waals surface area contributed by atoms with E-state index in [0.717, 1.165) is 10.4 Å². The van der Waals surface area contributed by atoms with Gasteiger partial charge in [0.1, 0.15) is 17.2 Å². The molecule has 5 heteroatoms. The van der Waals surface area contributed by atoms with Gasteiger partial charge in [0, 0.05) is 16.0 Å². The fourth-order valence-electron chi connectivity index (χ4n) is 1.70. The Morgan fingerprint density at radius 3 is 2.68 bits per heavy atom. The first-order chi connectivity index (χ1) is 9.11. The van der Waals surface area contributed by atoms with Crippen molar-refractivity contribution in [1.29, 1.82) is 0 Å². The molecule has 0 saturated carbocycles. The highest BCUT2D eigenvalue weighted by Crippen LogP contribution is 2.24. The van der Waals surface area contributed by atoms with E-state index in [1.54, 1.807) is 18.2 Å². The molecule has 0 saturated heterocycles. The van der Waals surface area contributed by atoms with E-state index < -0.39 is 5.97 Å². The average molecular weight is 278 g/mol. The maximum Gasteiger partial charge on any atom is 0.345 e. The van der Waals surface area contributed by atoms with E-state index in [4.69, 9.17) is 9.84 Å². The van der Waals surface area contributed by atoms with Gasteiger partial charge >= 0.3 is 5.97 Å². The van der Waals surface area contributed by atoms with Crippen molar-refractivity contribution in [2.45, 2.75) is 20.1 Å². The molecule has 0 aliphatic carbocycles. The Morgan fingerprint density at radius 2 is 2.05 bits per heavy atom. The molecule has 2 N–H and O–H groups in total. The first-order valence-corrected chi connectivity index (χ1v) is 6.57. The van der Waals surface area contributed by atoms with Crippen LogP contribution in [0.2, 0.25) is 0 Å². The molecule has 0 aliphatic rings. The van der Waals surface area contributed by atoms with Crippen molar-refractivity contribution < 1.29 is 19.7 Å². The number of ether oxygens (including phenoxy) is 1. The van der Waals surface area contributed by atoms with Crippen LogP contribution >= 0.6 is 11.3 Å². The molecule has 0 bridgehead atoms. The van der Waals surface area contributed by atoms with Gasteiger partial charge in [0.25, 0.3) is 0 Å². The molecule has 0 spiro atoms. The summed E-state index contributed by atoms with van der Waals surface area (Å²) in [7, 11) is 0. The van der Waals surface area contributed by atoms with Gasteiger partial charge in [0.2, 0.25) is 0 Å². The number of aliphatic hydroxyl groups excluding tert-OH is 1. The van der Waals surface area contributed by atoms with Crippen LogP contribution in [-0.2, 0) is 13.2 Å². The number of benzene rings is 1. The summed E-state index contributed by atoms with van der Waals surface area (Å²) in [5.41, 5.74) is 1.57. The van der Waals surface area contributed by atoms with Crippen LogP contribution in [0.5, 0.6) is 5.75 Å². The first kappa shape index (κ1) is 13.6. The molecule has 0 fully saturated rings. The highest BCUT2D eigenvalue weighted by atomic mass is 32.1. The van der Waals surface area contributed by atoms with Crippen LogP contribution in [0.15, 0.2) is 30.3 Å². The van der Waals surface area contributed by atoms with Crippen molar-refractivity contribution in [3.05, 3.63) is 51.2 Å². The Labute approximate surface area is 114 Å². The van der Waals surface area contributed by atoms with Crippen LogP contribution in [0.3, 0.4) is 0 Å². The zero-order chi connectivity index (χ0) is 13.8. The minimum absolute atomic E-state index is 0.0842. The van der Waals surface area contributed by atoms with Gasteiger partial charge in [-0.2, -0.15) is 0 Å². The number of para-hydroxylation sites is 1. The predicted molar refractivity (Wildman–Crippen MR) is 72.7 cm³/mol. The maximum atomic E-state index is 10.9. The van der Waals surface area contributed by atoms with Crippen molar-refractivity contribution in [3.63, 3.8) is 0 Å². The lowest BCUT2D eigenvalue weighted by Gasteiger charge is -2.09. The molecule has 2 aromatic rings. The van der Waals surface area contributed by atoms with E-state index in [-0.39, 0.29) is 6.61 Å². The maximum absolute atomic E-state index is 10.9. The minimum Gasteiger partial charge on any atom is -0.488 e. The van der Waals surface area contributed by atoms with Gasteiger partial charge in [-0.25, -0.2) is 4.79 Å². The van der Waals surface area contributed by atoms with E-state index >= 15 is 0 Å². The molecule has 0 radical (unpaired) electrons. The number of aryl methyl sites for hydroxylation is 1. The highest BCUT2D eigenvalue weighted by Gasteiger charge is 2.12. The second kappa shape index (κ2) is 5.86. The summed E-state index contributed by atoms with van der Waals surface area (Å²) < 4.78 is 5.64. The third-order valence-electron chi connectivity index (χ3n) is 2.76. The minimum atomic E-state index is -0.921. The van der Waals surface area contributed by atoms with E-state index in [1.165, 1.54) is 11.3 Å². The summed E-state index contributed by atoms with van der Waals surface area (Å²) in [6, 6.07) is 8.86. The molecule has 0 amide bonds. The molecule has 2 rings (SSSR count). The van der Waals surface area contributed by atoms with Gasteiger partial charge in [-0.3, -0.25) is 0 Å². The van der Waals surface area contributed by atoms with E-state index in [0.29, 0.717) is 22.8 Å². The van der Waals surface area contributed by atoms with Crippen LogP contribution in [0.1, 0.15) is 25.7 Å². The predicted octanol–water partition coefficient (Wildman–Crippen LogP) is 2.83. The fourth-order valence-corrected chi connectivity index (χ4v) is 2.57. The van der Waals surface area contributed by atoms with Crippen molar-refractivity contribution in [1.82, 2.24) is 0 Å². The van der Waals surface area contributed by atoms with Crippen molar-refractivity contribution in [2.24, 2.45) is 0 Å². The summed E-state index contributed by atoms with van der Waals surface area (Å²) in [6.45, 7) is 2.08. The third kappa shape index (κ3) is 3.13. The van der Waals surface area contributed by atoms with Crippen LogP contribution in [-0.4, -0.2) is 16.2 Å². The fraction of sp³-hybridized carbons (Fsp3) is 0.214. The van der Waals surface area contributed by atoms with Crippen LogP contribution in [0.4, 0.5) is 0 Å². The van der Waals surface area contributed by atoms with Gasteiger partial charge in [-0.15, -0.1) is 11.3 Å². The number of hydrogen-bond donors (Lipinski definition) is 2. The lowest BCUT2D eigenvalue weighted by atomic mass is 10.2. The number of carboxylic acids is 1. The molecule has 1 heterocycles. The van der Waals surface area contributed by atoms with Crippen molar-refractivity contribution >= 4 is 17.3 Å². The van der Waals surface area contributed by atoms with E-state index in [2.05, 4.69) is 0 Å². The second-order valence-corrected chi connectivity index (χ2v) is 5.31. The van der Waals surface area contributed by atoms with Crippen LogP contribution in [0.25, 0.3) is 0 Å². The quantitative estimate of drug-likeness (QED) is 0.882. The molecule has 0 aliphatic heterocycles. The number of thiophene rings is 1. The van der Waals surface area contributed by atoms with Gasteiger partial charge < -0.3 is 14.9 Å². The Morgan fingerprint density at radius 1 is 1.32 bits per heavy atom. The Kier molecular flexibility index (Phi) is 4.19. The smallest absolute Gasteiger partial charge is 0.345 e. The number of carboxylic acid groups (broad SMARTS) is 1.